The van der Waals surface area contributed by atoms with E-state index in [1.807, 2.05) is 0 Å². The third kappa shape index (κ3) is 5.90. The van der Waals surface area contributed by atoms with Crippen LogP contribution >= 0.6 is 0 Å². The summed E-state index contributed by atoms with van der Waals surface area (Å²) in [6.45, 7) is 1.65. The molecule has 0 aliphatic carbocycles. The normalized spacial score (nSPS) is 10.3. The lowest BCUT2D eigenvalue weighted by Gasteiger charge is -2.10. The van der Waals surface area contributed by atoms with E-state index < -0.39 is 0 Å². The standard InChI is InChI=1S/C14H22N2O4/c1-18-8-9-20-7-3-4-14(17)16-12-6-5-11(15)10-13(12)19-2/h5-6,10H,3-4,7-9,15H2,1-2H3,(H,16,17). The predicted molar refractivity (Wildman–Crippen MR) is 78.0 cm³/mol. The highest BCUT2D eigenvalue weighted by atomic mass is 16.5. The number of nitrogens with two attached hydrogens (primary N) is 1. The van der Waals surface area contributed by atoms with Crippen LogP contribution in [0.5, 0.6) is 5.75 Å². The number of amides is 1. The number of ether oxygens (including phenoxy) is 3. The van der Waals surface area contributed by atoms with Crippen molar-refractivity contribution in [3.05, 3.63) is 18.2 Å². The van der Waals surface area contributed by atoms with Gasteiger partial charge in [-0.3, -0.25) is 4.79 Å². The molecule has 6 heteroatoms. The van der Waals surface area contributed by atoms with Crippen LogP contribution in [0.2, 0.25) is 0 Å². The Morgan fingerprint density at radius 1 is 1.25 bits per heavy atom. The van der Waals surface area contributed by atoms with Gasteiger partial charge < -0.3 is 25.3 Å². The van der Waals surface area contributed by atoms with Gasteiger partial charge in [0.05, 0.1) is 26.0 Å². The molecule has 20 heavy (non-hydrogen) atoms. The Hall–Kier alpha value is -1.79. The summed E-state index contributed by atoms with van der Waals surface area (Å²) in [5.74, 6) is 0.470. The first-order valence-electron chi connectivity index (χ1n) is 6.47. The van der Waals surface area contributed by atoms with Crippen molar-refractivity contribution in [1.82, 2.24) is 0 Å². The fraction of sp³-hybridized carbons (Fsp3) is 0.500. The minimum atomic E-state index is -0.0802. The van der Waals surface area contributed by atoms with Gasteiger partial charge in [-0.15, -0.1) is 0 Å². The van der Waals surface area contributed by atoms with Gasteiger partial charge in [-0.05, 0) is 18.6 Å². The second-order valence-electron chi connectivity index (χ2n) is 4.22. The maximum absolute atomic E-state index is 11.8. The molecule has 0 saturated carbocycles. The quantitative estimate of drug-likeness (QED) is 0.531. The number of rotatable bonds is 9. The van der Waals surface area contributed by atoms with E-state index in [1.54, 1.807) is 25.3 Å². The van der Waals surface area contributed by atoms with Gasteiger partial charge in [0.15, 0.2) is 0 Å². The number of methoxy groups -OCH3 is 2. The summed E-state index contributed by atoms with van der Waals surface area (Å²) in [4.78, 5) is 11.8. The highest BCUT2D eigenvalue weighted by Gasteiger charge is 2.07. The van der Waals surface area contributed by atoms with Crippen molar-refractivity contribution in [2.45, 2.75) is 12.8 Å². The van der Waals surface area contributed by atoms with Crippen LogP contribution < -0.4 is 15.8 Å². The first-order valence-corrected chi connectivity index (χ1v) is 6.47. The van der Waals surface area contributed by atoms with Gasteiger partial charge >= 0.3 is 0 Å². The van der Waals surface area contributed by atoms with E-state index in [2.05, 4.69) is 5.32 Å². The van der Waals surface area contributed by atoms with Crippen LogP contribution in [-0.4, -0.2) is 39.9 Å². The number of anilines is 2. The molecule has 3 N–H and O–H groups in total. The summed E-state index contributed by atoms with van der Waals surface area (Å²) in [5, 5.41) is 2.79. The average Bonchev–Trinajstić information content (AvgIpc) is 2.44. The van der Waals surface area contributed by atoms with Crippen molar-refractivity contribution in [2.24, 2.45) is 0 Å². The van der Waals surface area contributed by atoms with Gasteiger partial charge in [-0.25, -0.2) is 0 Å². The molecule has 0 radical (unpaired) electrons. The van der Waals surface area contributed by atoms with Crippen molar-refractivity contribution in [2.75, 3.05) is 45.1 Å². The van der Waals surface area contributed by atoms with Crippen molar-refractivity contribution in [3.8, 4) is 5.75 Å². The topological polar surface area (TPSA) is 82.8 Å². The minimum absolute atomic E-state index is 0.0802. The molecule has 6 nitrogen and oxygen atoms in total. The lowest BCUT2D eigenvalue weighted by Crippen LogP contribution is -2.13. The first kappa shape index (κ1) is 16.3. The average molecular weight is 282 g/mol. The van der Waals surface area contributed by atoms with Crippen LogP contribution in [0.4, 0.5) is 11.4 Å². The lowest BCUT2D eigenvalue weighted by molar-refractivity contribution is -0.116. The fourth-order valence-electron chi connectivity index (χ4n) is 1.60. The monoisotopic (exact) mass is 282 g/mol. The molecular formula is C14H22N2O4. The zero-order valence-electron chi connectivity index (χ0n) is 12.0. The highest BCUT2D eigenvalue weighted by Crippen LogP contribution is 2.26. The molecule has 0 atom stereocenters. The number of nitrogens with one attached hydrogen (secondary N) is 1. The molecule has 1 aromatic rings. The molecule has 0 bridgehead atoms. The number of hydrogen-bond donors (Lipinski definition) is 2. The number of carbonyl (C=O) groups is 1. The molecule has 0 spiro atoms. The number of nitrogen functional groups attached to an aromatic ring is 1. The molecule has 0 aliphatic heterocycles. The van der Waals surface area contributed by atoms with Crippen molar-refractivity contribution < 1.29 is 19.0 Å². The molecule has 112 valence electrons. The van der Waals surface area contributed by atoms with Crippen LogP contribution in [0, 0.1) is 0 Å². The van der Waals surface area contributed by atoms with Crippen molar-refractivity contribution >= 4 is 17.3 Å². The highest BCUT2D eigenvalue weighted by molar-refractivity contribution is 5.92. The second-order valence-corrected chi connectivity index (χ2v) is 4.22. The number of benzene rings is 1. The third-order valence-electron chi connectivity index (χ3n) is 2.62. The summed E-state index contributed by atoms with van der Waals surface area (Å²) in [6.07, 6.45) is 1.05. The summed E-state index contributed by atoms with van der Waals surface area (Å²) < 4.78 is 15.3. The van der Waals surface area contributed by atoms with Gasteiger partial charge in [0, 0.05) is 31.9 Å². The van der Waals surface area contributed by atoms with Gasteiger partial charge in [0.25, 0.3) is 0 Å². The van der Waals surface area contributed by atoms with E-state index in [0.717, 1.165) is 0 Å². The Morgan fingerprint density at radius 3 is 2.75 bits per heavy atom. The van der Waals surface area contributed by atoms with Crippen LogP contribution in [0.25, 0.3) is 0 Å². The minimum Gasteiger partial charge on any atom is -0.494 e. The second kappa shape index (κ2) is 9.17. The van der Waals surface area contributed by atoms with Crippen LogP contribution in [0.15, 0.2) is 18.2 Å². The van der Waals surface area contributed by atoms with E-state index in [0.29, 0.717) is 49.8 Å². The maximum Gasteiger partial charge on any atom is 0.224 e. The molecular weight excluding hydrogens is 260 g/mol. The molecule has 0 heterocycles. The SMILES string of the molecule is COCCOCCCC(=O)Nc1ccc(N)cc1OC. The molecule has 1 amide bonds. The van der Waals surface area contributed by atoms with E-state index in [-0.39, 0.29) is 5.91 Å². The zero-order valence-corrected chi connectivity index (χ0v) is 12.0. The summed E-state index contributed by atoms with van der Waals surface area (Å²) in [7, 11) is 3.16. The summed E-state index contributed by atoms with van der Waals surface area (Å²) in [5.41, 5.74) is 6.86. The molecule has 0 aliphatic rings. The number of carbonyl (C=O) groups excluding carboxylic acids is 1. The van der Waals surface area contributed by atoms with E-state index in [9.17, 15) is 4.79 Å². The lowest BCUT2D eigenvalue weighted by atomic mass is 10.2. The van der Waals surface area contributed by atoms with E-state index >= 15 is 0 Å². The van der Waals surface area contributed by atoms with Gasteiger partial charge in [0.2, 0.25) is 5.91 Å². The Kier molecular flexibility index (Phi) is 7.46. The molecule has 0 unspecified atom stereocenters. The van der Waals surface area contributed by atoms with Gasteiger partial charge in [0.1, 0.15) is 5.75 Å². The van der Waals surface area contributed by atoms with Crippen LogP contribution in [0.3, 0.4) is 0 Å². The molecule has 0 aromatic heterocycles. The molecule has 0 saturated heterocycles. The smallest absolute Gasteiger partial charge is 0.224 e. The van der Waals surface area contributed by atoms with Gasteiger partial charge in [-0.2, -0.15) is 0 Å². The Balaban J connectivity index is 2.32. The summed E-state index contributed by atoms with van der Waals surface area (Å²) in [6, 6.07) is 5.11. The summed E-state index contributed by atoms with van der Waals surface area (Å²) >= 11 is 0. The largest absolute Gasteiger partial charge is 0.494 e. The van der Waals surface area contributed by atoms with E-state index in [1.165, 1.54) is 7.11 Å². The first-order chi connectivity index (χ1) is 9.67. The Labute approximate surface area is 119 Å². The predicted octanol–water partition coefficient (Wildman–Crippen LogP) is 1.66. The zero-order chi connectivity index (χ0) is 14.8. The number of hydrogen-bond acceptors (Lipinski definition) is 5. The Morgan fingerprint density at radius 2 is 2.05 bits per heavy atom. The third-order valence-corrected chi connectivity index (χ3v) is 2.62. The van der Waals surface area contributed by atoms with Gasteiger partial charge in [-0.1, -0.05) is 0 Å². The molecule has 0 fully saturated rings. The Bertz CT molecular complexity index is 424. The molecule has 1 rings (SSSR count). The van der Waals surface area contributed by atoms with Crippen molar-refractivity contribution in [3.63, 3.8) is 0 Å². The maximum atomic E-state index is 11.8. The molecule has 1 aromatic carbocycles. The fourth-order valence-corrected chi connectivity index (χ4v) is 1.60. The van der Waals surface area contributed by atoms with Crippen LogP contribution in [0.1, 0.15) is 12.8 Å². The van der Waals surface area contributed by atoms with Crippen LogP contribution in [-0.2, 0) is 14.3 Å². The van der Waals surface area contributed by atoms with Crippen molar-refractivity contribution in [1.29, 1.82) is 0 Å². The van der Waals surface area contributed by atoms with E-state index in [4.69, 9.17) is 19.9 Å².